The third kappa shape index (κ3) is 2.64. The van der Waals surface area contributed by atoms with E-state index in [2.05, 4.69) is 11.8 Å². The number of hydrogen-bond donors (Lipinski definition) is 0. The van der Waals surface area contributed by atoms with E-state index in [-0.39, 0.29) is 5.56 Å². The largest absolute Gasteiger partial charge is 0.370 e. The Labute approximate surface area is 108 Å². The van der Waals surface area contributed by atoms with Crippen LogP contribution in [-0.2, 0) is 0 Å². The lowest BCUT2D eigenvalue weighted by Crippen LogP contribution is -2.34. The molecule has 1 saturated heterocycles. The second kappa shape index (κ2) is 5.86. The fourth-order valence-electron chi connectivity index (χ4n) is 2.76. The molecule has 1 aromatic carbocycles. The van der Waals surface area contributed by atoms with Crippen molar-refractivity contribution in [3.8, 4) is 6.07 Å². The number of hydrogen-bond acceptors (Lipinski definition) is 2. The maximum Gasteiger partial charge on any atom is 0.143 e. The van der Waals surface area contributed by atoms with E-state index in [1.165, 1.54) is 18.9 Å². The second-order valence-electron chi connectivity index (χ2n) is 4.96. The average Bonchev–Trinajstić information content (AvgIpc) is 2.40. The second-order valence-corrected chi connectivity index (χ2v) is 4.96. The van der Waals surface area contributed by atoms with Gasteiger partial charge in [0.15, 0.2) is 0 Å². The lowest BCUT2D eigenvalue weighted by molar-refractivity contribution is 0.378. The van der Waals surface area contributed by atoms with Crippen LogP contribution in [0.2, 0.25) is 0 Å². The Kier molecular flexibility index (Phi) is 4.19. The first-order valence-electron chi connectivity index (χ1n) is 6.69. The van der Waals surface area contributed by atoms with E-state index in [4.69, 9.17) is 5.26 Å². The Morgan fingerprint density at radius 2 is 2.11 bits per heavy atom. The molecule has 0 radical (unpaired) electrons. The Morgan fingerprint density at radius 3 is 2.72 bits per heavy atom. The molecule has 1 heterocycles. The molecule has 1 fully saturated rings. The Bertz CT molecular complexity index is 442. The van der Waals surface area contributed by atoms with Crippen LogP contribution in [0.4, 0.5) is 10.1 Å². The van der Waals surface area contributed by atoms with Crippen LogP contribution in [0, 0.1) is 23.1 Å². The molecule has 0 spiro atoms. The summed E-state index contributed by atoms with van der Waals surface area (Å²) in [5.74, 6) is 0.385. The molecular weight excluding hydrogens is 227 g/mol. The molecule has 0 bridgehead atoms. The van der Waals surface area contributed by atoms with Gasteiger partial charge in [0.2, 0.25) is 0 Å². The van der Waals surface area contributed by atoms with Gasteiger partial charge in [-0.1, -0.05) is 25.8 Å². The molecule has 0 amide bonds. The number of nitriles is 1. The van der Waals surface area contributed by atoms with E-state index >= 15 is 0 Å². The van der Waals surface area contributed by atoms with E-state index in [0.717, 1.165) is 37.5 Å². The predicted molar refractivity (Wildman–Crippen MR) is 71.0 cm³/mol. The Morgan fingerprint density at radius 1 is 1.39 bits per heavy atom. The molecule has 0 unspecified atom stereocenters. The summed E-state index contributed by atoms with van der Waals surface area (Å²) in [5.41, 5.74) is 0.943. The smallest absolute Gasteiger partial charge is 0.143 e. The standard InChI is InChI=1S/C15H19FN2/c1-2-4-12-7-9-18(10-8-12)15-6-3-5-14(16)13(15)11-17/h3,5-6,12H,2,4,7-10H2,1H3. The van der Waals surface area contributed by atoms with Gasteiger partial charge in [-0.2, -0.15) is 5.26 Å². The van der Waals surface area contributed by atoms with Gasteiger partial charge in [-0.15, -0.1) is 0 Å². The van der Waals surface area contributed by atoms with E-state index in [0.29, 0.717) is 0 Å². The number of nitrogens with zero attached hydrogens (tertiary/aromatic N) is 2. The lowest BCUT2D eigenvalue weighted by Gasteiger charge is -2.34. The van der Waals surface area contributed by atoms with Crippen LogP contribution in [-0.4, -0.2) is 13.1 Å². The number of piperidine rings is 1. The van der Waals surface area contributed by atoms with Crippen molar-refractivity contribution in [1.82, 2.24) is 0 Å². The Hall–Kier alpha value is -1.56. The van der Waals surface area contributed by atoms with Gasteiger partial charge >= 0.3 is 0 Å². The highest BCUT2D eigenvalue weighted by Gasteiger charge is 2.21. The minimum Gasteiger partial charge on any atom is -0.370 e. The van der Waals surface area contributed by atoms with E-state index in [1.807, 2.05) is 12.1 Å². The van der Waals surface area contributed by atoms with Crippen LogP contribution in [0.15, 0.2) is 18.2 Å². The van der Waals surface area contributed by atoms with E-state index in [9.17, 15) is 4.39 Å². The summed E-state index contributed by atoms with van der Waals surface area (Å²) in [4.78, 5) is 2.15. The monoisotopic (exact) mass is 246 g/mol. The molecule has 0 N–H and O–H groups in total. The number of benzene rings is 1. The van der Waals surface area contributed by atoms with E-state index in [1.54, 1.807) is 6.07 Å². The molecule has 1 aliphatic heterocycles. The molecule has 0 aliphatic carbocycles. The van der Waals surface area contributed by atoms with Crippen molar-refractivity contribution in [3.63, 3.8) is 0 Å². The molecule has 18 heavy (non-hydrogen) atoms. The van der Waals surface area contributed by atoms with Crippen LogP contribution in [0.3, 0.4) is 0 Å². The third-order valence-electron chi connectivity index (χ3n) is 3.76. The van der Waals surface area contributed by atoms with Crippen LogP contribution < -0.4 is 4.90 Å². The maximum atomic E-state index is 13.6. The van der Waals surface area contributed by atoms with Gasteiger partial charge < -0.3 is 4.90 Å². The van der Waals surface area contributed by atoms with Gasteiger partial charge in [-0.25, -0.2) is 4.39 Å². The molecule has 0 aromatic heterocycles. The number of rotatable bonds is 3. The highest BCUT2D eigenvalue weighted by Crippen LogP contribution is 2.29. The molecule has 2 nitrogen and oxygen atoms in total. The van der Waals surface area contributed by atoms with Crippen molar-refractivity contribution in [1.29, 1.82) is 5.26 Å². The Balaban J connectivity index is 2.10. The van der Waals surface area contributed by atoms with Gasteiger partial charge in [0, 0.05) is 13.1 Å². The van der Waals surface area contributed by atoms with Gasteiger partial charge in [0.25, 0.3) is 0 Å². The molecule has 96 valence electrons. The van der Waals surface area contributed by atoms with Crippen molar-refractivity contribution in [2.45, 2.75) is 32.6 Å². The van der Waals surface area contributed by atoms with Crippen molar-refractivity contribution >= 4 is 5.69 Å². The summed E-state index contributed by atoms with van der Waals surface area (Å²) in [7, 11) is 0. The highest BCUT2D eigenvalue weighted by molar-refractivity contribution is 5.60. The normalized spacial score (nSPS) is 16.6. The summed E-state index contributed by atoms with van der Waals surface area (Å²) in [6.45, 7) is 4.08. The fourth-order valence-corrected chi connectivity index (χ4v) is 2.76. The average molecular weight is 246 g/mol. The molecule has 1 aromatic rings. The molecule has 3 heteroatoms. The fraction of sp³-hybridized carbons (Fsp3) is 0.533. The lowest BCUT2D eigenvalue weighted by atomic mass is 9.92. The zero-order valence-corrected chi connectivity index (χ0v) is 10.8. The van der Waals surface area contributed by atoms with Crippen LogP contribution in [0.1, 0.15) is 38.2 Å². The maximum absolute atomic E-state index is 13.6. The van der Waals surface area contributed by atoms with Crippen molar-refractivity contribution in [2.24, 2.45) is 5.92 Å². The SMILES string of the molecule is CCCC1CCN(c2cccc(F)c2C#N)CC1. The summed E-state index contributed by atoms with van der Waals surface area (Å²) in [6, 6.07) is 6.87. The minimum atomic E-state index is -0.411. The molecule has 2 rings (SSSR count). The summed E-state index contributed by atoms with van der Waals surface area (Å²) in [6.07, 6.45) is 4.81. The van der Waals surface area contributed by atoms with E-state index < -0.39 is 5.82 Å². The zero-order chi connectivity index (χ0) is 13.0. The molecule has 0 atom stereocenters. The molecule has 1 aliphatic rings. The van der Waals surface area contributed by atoms with Crippen molar-refractivity contribution in [3.05, 3.63) is 29.6 Å². The van der Waals surface area contributed by atoms with Gasteiger partial charge in [0.1, 0.15) is 17.4 Å². The molecule has 0 saturated carbocycles. The highest BCUT2D eigenvalue weighted by atomic mass is 19.1. The van der Waals surface area contributed by atoms with Crippen molar-refractivity contribution < 1.29 is 4.39 Å². The first-order chi connectivity index (χ1) is 8.76. The van der Waals surface area contributed by atoms with Crippen LogP contribution in [0.25, 0.3) is 0 Å². The summed E-state index contributed by atoms with van der Waals surface area (Å²) >= 11 is 0. The summed E-state index contributed by atoms with van der Waals surface area (Å²) in [5, 5.41) is 9.05. The zero-order valence-electron chi connectivity index (χ0n) is 10.8. The third-order valence-corrected chi connectivity index (χ3v) is 3.76. The van der Waals surface area contributed by atoms with Gasteiger partial charge in [0.05, 0.1) is 5.69 Å². The van der Waals surface area contributed by atoms with Gasteiger partial charge in [-0.3, -0.25) is 0 Å². The topological polar surface area (TPSA) is 27.0 Å². The van der Waals surface area contributed by atoms with Crippen molar-refractivity contribution in [2.75, 3.05) is 18.0 Å². The van der Waals surface area contributed by atoms with Crippen LogP contribution >= 0.6 is 0 Å². The minimum absolute atomic E-state index is 0.187. The first-order valence-corrected chi connectivity index (χ1v) is 6.69. The van der Waals surface area contributed by atoms with Crippen LogP contribution in [0.5, 0.6) is 0 Å². The molecular formula is C15H19FN2. The number of halogens is 1. The first kappa shape index (κ1) is 12.9. The van der Waals surface area contributed by atoms with Gasteiger partial charge in [-0.05, 0) is 30.9 Å². The predicted octanol–water partition coefficient (Wildman–Crippen LogP) is 3.71. The quantitative estimate of drug-likeness (QED) is 0.812. The number of anilines is 1. The summed E-state index contributed by atoms with van der Waals surface area (Å²) < 4.78 is 13.6.